The molecule has 9 heteroatoms. The zero-order valence-electron chi connectivity index (χ0n) is 10.5. The van der Waals surface area contributed by atoms with Gasteiger partial charge in [0.2, 0.25) is 5.82 Å². The molecule has 1 saturated heterocycles. The second-order valence-electron chi connectivity index (χ2n) is 4.34. The van der Waals surface area contributed by atoms with Crippen LogP contribution in [0.2, 0.25) is 0 Å². The number of aryl methyl sites for hydroxylation is 1. The molecule has 1 amide bonds. The molecule has 1 aromatic rings. The first-order valence-electron chi connectivity index (χ1n) is 5.90. The molecular formula is C10H15N5O4. The topological polar surface area (TPSA) is 105 Å². The van der Waals surface area contributed by atoms with Gasteiger partial charge in [0.1, 0.15) is 6.20 Å². The van der Waals surface area contributed by atoms with Gasteiger partial charge in [0.25, 0.3) is 0 Å². The van der Waals surface area contributed by atoms with E-state index < -0.39 is 11.0 Å². The van der Waals surface area contributed by atoms with Crippen molar-refractivity contribution in [1.82, 2.24) is 14.7 Å². The highest BCUT2D eigenvalue weighted by Crippen LogP contribution is 2.27. The third-order valence-electron chi connectivity index (χ3n) is 3.15. The zero-order chi connectivity index (χ0) is 14.0. The Balaban J connectivity index is 2.21. The largest absolute Gasteiger partial charge is 0.465 e. The molecule has 1 aliphatic heterocycles. The summed E-state index contributed by atoms with van der Waals surface area (Å²) in [5.41, 5.74) is -0.0497. The van der Waals surface area contributed by atoms with Crippen LogP contribution in [0.1, 0.15) is 6.42 Å². The Kier molecular flexibility index (Phi) is 3.54. The van der Waals surface area contributed by atoms with E-state index in [0.29, 0.717) is 38.4 Å². The Morgan fingerprint density at radius 2 is 2.16 bits per heavy atom. The summed E-state index contributed by atoms with van der Waals surface area (Å²) in [6.45, 7) is 1.77. The molecule has 1 aromatic heterocycles. The standard InChI is InChI=1S/C10H15N5O4/c1-12-9(8(7-11-12)15(18)19)13-3-2-4-14(6-5-13)10(16)17/h7H,2-6H2,1H3,(H,16,17). The molecule has 2 heterocycles. The van der Waals surface area contributed by atoms with Crippen molar-refractivity contribution >= 4 is 17.6 Å². The van der Waals surface area contributed by atoms with Gasteiger partial charge in [-0.25, -0.2) is 9.48 Å². The molecular weight excluding hydrogens is 254 g/mol. The molecule has 0 bridgehead atoms. The fraction of sp³-hybridized carbons (Fsp3) is 0.600. The summed E-state index contributed by atoms with van der Waals surface area (Å²) in [7, 11) is 1.64. The monoisotopic (exact) mass is 269 g/mol. The molecule has 0 atom stereocenters. The Morgan fingerprint density at radius 1 is 1.42 bits per heavy atom. The minimum atomic E-state index is -0.957. The van der Waals surface area contributed by atoms with Gasteiger partial charge < -0.3 is 14.9 Å². The van der Waals surface area contributed by atoms with Gasteiger partial charge in [-0.05, 0) is 6.42 Å². The highest BCUT2D eigenvalue weighted by atomic mass is 16.6. The summed E-state index contributed by atoms with van der Waals surface area (Å²) in [6, 6.07) is 0. The number of hydrogen-bond donors (Lipinski definition) is 1. The normalized spacial score (nSPS) is 16.3. The molecule has 9 nitrogen and oxygen atoms in total. The molecule has 19 heavy (non-hydrogen) atoms. The van der Waals surface area contributed by atoms with Crippen molar-refractivity contribution in [2.45, 2.75) is 6.42 Å². The Labute approximate surface area is 109 Å². The maximum atomic E-state index is 11.0. The van der Waals surface area contributed by atoms with Gasteiger partial charge >= 0.3 is 11.8 Å². The van der Waals surface area contributed by atoms with E-state index in [1.54, 1.807) is 7.05 Å². The van der Waals surface area contributed by atoms with Crippen LogP contribution < -0.4 is 4.90 Å². The maximum absolute atomic E-state index is 11.0. The van der Waals surface area contributed by atoms with E-state index in [4.69, 9.17) is 5.11 Å². The van der Waals surface area contributed by atoms with E-state index in [0.717, 1.165) is 0 Å². The zero-order valence-corrected chi connectivity index (χ0v) is 10.5. The van der Waals surface area contributed by atoms with Crippen LogP contribution in [0.25, 0.3) is 0 Å². The van der Waals surface area contributed by atoms with Crippen LogP contribution in [0.5, 0.6) is 0 Å². The predicted octanol–water partition coefficient (Wildman–Crippen LogP) is 0.518. The van der Waals surface area contributed by atoms with E-state index in [1.807, 2.05) is 4.90 Å². The van der Waals surface area contributed by atoms with E-state index >= 15 is 0 Å². The van der Waals surface area contributed by atoms with Gasteiger partial charge in [-0.2, -0.15) is 5.10 Å². The van der Waals surface area contributed by atoms with Crippen LogP contribution in [0, 0.1) is 10.1 Å². The molecule has 0 aliphatic carbocycles. The third kappa shape index (κ3) is 2.59. The van der Waals surface area contributed by atoms with Crippen LogP contribution in [-0.4, -0.2) is 57.0 Å². The quantitative estimate of drug-likeness (QED) is 0.619. The van der Waals surface area contributed by atoms with Gasteiger partial charge in [-0.15, -0.1) is 0 Å². The summed E-state index contributed by atoms with van der Waals surface area (Å²) >= 11 is 0. The summed E-state index contributed by atoms with van der Waals surface area (Å²) < 4.78 is 1.45. The lowest BCUT2D eigenvalue weighted by Crippen LogP contribution is -2.34. The summed E-state index contributed by atoms with van der Waals surface area (Å²) in [4.78, 5) is 24.5. The molecule has 0 unspecified atom stereocenters. The molecule has 0 aromatic carbocycles. The minimum absolute atomic E-state index is 0.0497. The summed E-state index contributed by atoms with van der Waals surface area (Å²) in [6.07, 6.45) is 0.894. The highest BCUT2D eigenvalue weighted by molar-refractivity contribution is 5.65. The number of amides is 1. The van der Waals surface area contributed by atoms with Gasteiger partial charge in [-0.3, -0.25) is 10.1 Å². The SMILES string of the molecule is Cn1ncc([N+](=O)[O-])c1N1CCCN(C(=O)O)CC1. The van der Waals surface area contributed by atoms with Crippen LogP contribution in [0.3, 0.4) is 0 Å². The third-order valence-corrected chi connectivity index (χ3v) is 3.15. The number of carbonyl (C=O) groups is 1. The maximum Gasteiger partial charge on any atom is 0.407 e. The van der Waals surface area contributed by atoms with Crippen LogP contribution >= 0.6 is 0 Å². The average molecular weight is 269 g/mol. The second-order valence-corrected chi connectivity index (χ2v) is 4.34. The van der Waals surface area contributed by atoms with E-state index in [1.165, 1.54) is 15.8 Å². The molecule has 0 radical (unpaired) electrons. The van der Waals surface area contributed by atoms with Crippen LogP contribution in [-0.2, 0) is 7.05 Å². The molecule has 104 valence electrons. The van der Waals surface area contributed by atoms with Crippen molar-refractivity contribution in [3.05, 3.63) is 16.3 Å². The molecule has 0 saturated carbocycles. The van der Waals surface area contributed by atoms with Crippen molar-refractivity contribution in [2.75, 3.05) is 31.1 Å². The Morgan fingerprint density at radius 3 is 2.79 bits per heavy atom. The van der Waals surface area contributed by atoms with E-state index in [9.17, 15) is 14.9 Å². The first kappa shape index (κ1) is 13.1. The van der Waals surface area contributed by atoms with E-state index in [-0.39, 0.29) is 5.69 Å². The van der Waals surface area contributed by atoms with Gasteiger partial charge in [0, 0.05) is 33.2 Å². The molecule has 1 aliphatic rings. The number of hydrogen-bond acceptors (Lipinski definition) is 5. The minimum Gasteiger partial charge on any atom is -0.465 e. The number of carboxylic acid groups (broad SMARTS) is 1. The van der Waals surface area contributed by atoms with Gasteiger partial charge in [0.15, 0.2) is 0 Å². The fourth-order valence-corrected chi connectivity index (χ4v) is 2.24. The fourth-order valence-electron chi connectivity index (χ4n) is 2.24. The lowest BCUT2D eigenvalue weighted by atomic mass is 10.3. The number of anilines is 1. The number of nitrogens with zero attached hydrogens (tertiary/aromatic N) is 5. The summed E-state index contributed by atoms with van der Waals surface area (Å²) in [5, 5.41) is 23.8. The van der Waals surface area contributed by atoms with Crippen molar-refractivity contribution < 1.29 is 14.8 Å². The van der Waals surface area contributed by atoms with Crippen LogP contribution in [0.15, 0.2) is 6.20 Å². The van der Waals surface area contributed by atoms with Crippen molar-refractivity contribution in [3.63, 3.8) is 0 Å². The highest BCUT2D eigenvalue weighted by Gasteiger charge is 2.27. The van der Waals surface area contributed by atoms with Crippen molar-refractivity contribution in [3.8, 4) is 0 Å². The molecule has 1 N–H and O–H groups in total. The number of aromatic nitrogens is 2. The lowest BCUT2D eigenvalue weighted by Gasteiger charge is -2.21. The van der Waals surface area contributed by atoms with Gasteiger partial charge in [0.05, 0.1) is 4.92 Å². The summed E-state index contributed by atoms with van der Waals surface area (Å²) in [5.74, 6) is 0.428. The lowest BCUT2D eigenvalue weighted by molar-refractivity contribution is -0.384. The molecule has 1 fully saturated rings. The van der Waals surface area contributed by atoms with Crippen molar-refractivity contribution in [2.24, 2.45) is 7.05 Å². The second kappa shape index (κ2) is 5.12. The average Bonchev–Trinajstić information content (AvgIpc) is 2.59. The van der Waals surface area contributed by atoms with Crippen molar-refractivity contribution in [1.29, 1.82) is 0 Å². The predicted molar refractivity (Wildman–Crippen MR) is 66.3 cm³/mol. The molecule has 0 spiro atoms. The first-order valence-corrected chi connectivity index (χ1v) is 5.90. The Bertz CT molecular complexity index is 500. The number of rotatable bonds is 2. The number of nitro groups is 1. The Hall–Kier alpha value is -2.32. The first-order chi connectivity index (χ1) is 9.00. The smallest absolute Gasteiger partial charge is 0.407 e. The van der Waals surface area contributed by atoms with E-state index in [2.05, 4.69) is 5.10 Å². The molecule has 2 rings (SSSR count). The van der Waals surface area contributed by atoms with Gasteiger partial charge in [-0.1, -0.05) is 0 Å². The van der Waals surface area contributed by atoms with Crippen LogP contribution in [0.4, 0.5) is 16.3 Å².